The summed E-state index contributed by atoms with van der Waals surface area (Å²) >= 11 is 0. The zero-order valence-corrected chi connectivity index (χ0v) is 11.3. The Hall–Kier alpha value is -0.570. The monoisotopic (exact) mass is 228 g/mol. The smallest absolute Gasteiger partial charge is 0.236 e. The fourth-order valence-corrected chi connectivity index (χ4v) is 1.57. The summed E-state index contributed by atoms with van der Waals surface area (Å²) in [6.07, 6.45) is 5.13. The van der Waals surface area contributed by atoms with E-state index in [2.05, 4.69) is 26.1 Å². The van der Waals surface area contributed by atoms with Crippen LogP contribution < -0.4 is 11.1 Å². The molecule has 0 saturated heterocycles. The minimum Gasteiger partial charge on any atom is -0.355 e. The molecule has 3 N–H and O–H groups in total. The van der Waals surface area contributed by atoms with Crippen molar-refractivity contribution in [2.45, 2.75) is 65.8 Å². The molecule has 0 aliphatic rings. The topological polar surface area (TPSA) is 55.1 Å². The minimum absolute atomic E-state index is 0.00221. The molecular formula is C13H28N2O. The lowest BCUT2D eigenvalue weighted by Gasteiger charge is -2.17. The molecule has 0 spiro atoms. The highest BCUT2D eigenvalue weighted by Crippen LogP contribution is 2.21. The van der Waals surface area contributed by atoms with Crippen molar-refractivity contribution in [3.05, 3.63) is 0 Å². The van der Waals surface area contributed by atoms with Crippen LogP contribution in [-0.4, -0.2) is 18.5 Å². The van der Waals surface area contributed by atoms with Gasteiger partial charge in [-0.05, 0) is 24.7 Å². The Morgan fingerprint density at radius 2 is 1.94 bits per heavy atom. The van der Waals surface area contributed by atoms with E-state index in [1.165, 1.54) is 6.42 Å². The maximum Gasteiger partial charge on any atom is 0.236 e. The lowest BCUT2D eigenvalue weighted by Crippen LogP contribution is -2.40. The van der Waals surface area contributed by atoms with Crippen LogP contribution in [0.1, 0.15) is 59.8 Å². The first kappa shape index (κ1) is 15.4. The zero-order chi connectivity index (χ0) is 12.6. The van der Waals surface area contributed by atoms with Crippen molar-refractivity contribution in [1.82, 2.24) is 5.32 Å². The van der Waals surface area contributed by atoms with E-state index >= 15 is 0 Å². The third-order valence-electron chi connectivity index (χ3n) is 2.59. The van der Waals surface area contributed by atoms with E-state index in [9.17, 15) is 4.79 Å². The largest absolute Gasteiger partial charge is 0.355 e. The molecule has 0 aromatic carbocycles. The summed E-state index contributed by atoms with van der Waals surface area (Å²) in [4.78, 5) is 11.5. The fourth-order valence-electron chi connectivity index (χ4n) is 1.57. The first-order chi connectivity index (χ1) is 7.37. The van der Waals surface area contributed by atoms with Gasteiger partial charge in [0.25, 0.3) is 0 Å². The molecule has 0 saturated carbocycles. The van der Waals surface area contributed by atoms with Crippen molar-refractivity contribution < 1.29 is 4.79 Å². The molecule has 0 heterocycles. The molecule has 1 amide bonds. The first-order valence-corrected chi connectivity index (χ1v) is 6.40. The van der Waals surface area contributed by atoms with Gasteiger partial charge in [-0.3, -0.25) is 4.79 Å². The third-order valence-corrected chi connectivity index (χ3v) is 2.59. The van der Waals surface area contributed by atoms with Crippen LogP contribution in [0.25, 0.3) is 0 Å². The van der Waals surface area contributed by atoms with Crippen molar-refractivity contribution in [3.8, 4) is 0 Å². The van der Waals surface area contributed by atoms with Crippen LogP contribution in [0.3, 0.4) is 0 Å². The van der Waals surface area contributed by atoms with Crippen LogP contribution >= 0.6 is 0 Å². The maximum atomic E-state index is 11.5. The van der Waals surface area contributed by atoms with Crippen LogP contribution in [0.15, 0.2) is 0 Å². The standard InChI is InChI=1S/C13H28N2O/c1-5-8-11(14)12(16)15-10-7-6-9-13(2,3)4/h11H,5-10,14H2,1-4H3,(H,15,16). The molecule has 0 radical (unpaired) electrons. The van der Waals surface area contributed by atoms with E-state index in [0.717, 1.165) is 32.2 Å². The van der Waals surface area contributed by atoms with Crippen LogP contribution in [-0.2, 0) is 4.79 Å². The number of amides is 1. The van der Waals surface area contributed by atoms with Gasteiger partial charge in [0.15, 0.2) is 0 Å². The molecule has 96 valence electrons. The van der Waals surface area contributed by atoms with E-state index < -0.39 is 0 Å². The Kier molecular flexibility index (Phi) is 7.39. The number of carbonyl (C=O) groups is 1. The number of carbonyl (C=O) groups excluding carboxylic acids is 1. The summed E-state index contributed by atoms with van der Waals surface area (Å²) in [5, 5.41) is 2.89. The van der Waals surface area contributed by atoms with E-state index in [1.54, 1.807) is 0 Å². The summed E-state index contributed by atoms with van der Waals surface area (Å²) in [7, 11) is 0. The summed E-state index contributed by atoms with van der Waals surface area (Å²) in [5.41, 5.74) is 6.09. The highest BCUT2D eigenvalue weighted by atomic mass is 16.2. The Morgan fingerprint density at radius 1 is 1.31 bits per heavy atom. The third kappa shape index (κ3) is 8.72. The van der Waals surface area contributed by atoms with E-state index in [-0.39, 0.29) is 11.9 Å². The summed E-state index contributed by atoms with van der Waals surface area (Å²) in [6.45, 7) is 9.51. The van der Waals surface area contributed by atoms with Crippen LogP contribution in [0.5, 0.6) is 0 Å². The van der Waals surface area contributed by atoms with Crippen LogP contribution in [0.4, 0.5) is 0 Å². The van der Waals surface area contributed by atoms with Gasteiger partial charge in [0.1, 0.15) is 0 Å². The molecule has 3 nitrogen and oxygen atoms in total. The summed E-state index contributed by atoms with van der Waals surface area (Å²) < 4.78 is 0. The van der Waals surface area contributed by atoms with E-state index in [0.29, 0.717) is 5.41 Å². The lowest BCUT2D eigenvalue weighted by atomic mass is 9.90. The highest BCUT2D eigenvalue weighted by molar-refractivity contribution is 5.81. The minimum atomic E-state index is -0.326. The van der Waals surface area contributed by atoms with Gasteiger partial charge in [-0.1, -0.05) is 40.5 Å². The molecule has 0 aromatic rings. The average molecular weight is 228 g/mol. The molecule has 0 bridgehead atoms. The lowest BCUT2D eigenvalue weighted by molar-refractivity contribution is -0.122. The molecule has 0 aliphatic heterocycles. The molecule has 3 heteroatoms. The van der Waals surface area contributed by atoms with Gasteiger partial charge in [0.2, 0.25) is 5.91 Å². The average Bonchev–Trinajstić information content (AvgIpc) is 2.15. The maximum absolute atomic E-state index is 11.5. The van der Waals surface area contributed by atoms with Crippen molar-refractivity contribution in [1.29, 1.82) is 0 Å². The predicted octanol–water partition coefficient (Wildman–Crippen LogP) is 2.45. The number of unbranched alkanes of at least 4 members (excludes halogenated alkanes) is 1. The molecule has 1 unspecified atom stereocenters. The highest BCUT2D eigenvalue weighted by Gasteiger charge is 2.12. The Labute approximate surface area is 100 Å². The molecular weight excluding hydrogens is 200 g/mol. The summed E-state index contributed by atoms with van der Waals surface area (Å²) in [5.74, 6) is -0.00221. The molecule has 0 rings (SSSR count). The SMILES string of the molecule is CCCC(N)C(=O)NCCCCC(C)(C)C. The van der Waals surface area contributed by atoms with Crippen molar-refractivity contribution >= 4 is 5.91 Å². The van der Waals surface area contributed by atoms with Gasteiger partial charge in [-0.25, -0.2) is 0 Å². The van der Waals surface area contributed by atoms with Crippen LogP contribution in [0, 0.1) is 5.41 Å². The van der Waals surface area contributed by atoms with Gasteiger partial charge in [0.05, 0.1) is 6.04 Å². The first-order valence-electron chi connectivity index (χ1n) is 6.40. The van der Waals surface area contributed by atoms with Gasteiger partial charge < -0.3 is 11.1 Å². The van der Waals surface area contributed by atoms with Gasteiger partial charge in [0, 0.05) is 6.54 Å². The molecule has 1 atom stereocenters. The quantitative estimate of drug-likeness (QED) is 0.658. The molecule has 16 heavy (non-hydrogen) atoms. The number of nitrogens with one attached hydrogen (secondary N) is 1. The predicted molar refractivity (Wildman–Crippen MR) is 69.2 cm³/mol. The summed E-state index contributed by atoms with van der Waals surface area (Å²) in [6, 6.07) is -0.326. The molecule has 0 fully saturated rings. The molecule has 0 aromatic heterocycles. The van der Waals surface area contributed by atoms with Gasteiger partial charge in [-0.2, -0.15) is 0 Å². The van der Waals surface area contributed by atoms with E-state index in [4.69, 9.17) is 5.73 Å². The van der Waals surface area contributed by atoms with Crippen LogP contribution in [0.2, 0.25) is 0 Å². The Morgan fingerprint density at radius 3 is 2.44 bits per heavy atom. The second kappa shape index (κ2) is 7.66. The fraction of sp³-hybridized carbons (Fsp3) is 0.923. The second-order valence-electron chi connectivity index (χ2n) is 5.70. The van der Waals surface area contributed by atoms with Gasteiger partial charge in [-0.15, -0.1) is 0 Å². The number of hydrogen-bond donors (Lipinski definition) is 2. The second-order valence-corrected chi connectivity index (χ2v) is 5.70. The number of nitrogens with two attached hydrogens (primary N) is 1. The number of rotatable bonds is 7. The van der Waals surface area contributed by atoms with Crippen molar-refractivity contribution in [3.63, 3.8) is 0 Å². The molecule has 0 aliphatic carbocycles. The zero-order valence-electron chi connectivity index (χ0n) is 11.3. The Balaban J connectivity index is 3.48. The normalized spacial score (nSPS) is 13.6. The van der Waals surface area contributed by atoms with Crippen molar-refractivity contribution in [2.75, 3.05) is 6.54 Å². The van der Waals surface area contributed by atoms with E-state index in [1.807, 2.05) is 6.92 Å². The van der Waals surface area contributed by atoms with Gasteiger partial charge >= 0.3 is 0 Å². The number of hydrogen-bond acceptors (Lipinski definition) is 2. The Bertz CT molecular complexity index is 197. The van der Waals surface area contributed by atoms with Crippen molar-refractivity contribution in [2.24, 2.45) is 11.1 Å².